The van der Waals surface area contributed by atoms with Crippen LogP contribution in [0.4, 0.5) is 4.39 Å². The number of pyridine rings is 2. The van der Waals surface area contributed by atoms with Gasteiger partial charge in [0.05, 0.1) is 5.69 Å². The molecule has 4 atom stereocenters. The van der Waals surface area contributed by atoms with Crippen molar-refractivity contribution >= 4 is 10.8 Å². The first-order valence-electron chi connectivity index (χ1n) is 18.4. The van der Waals surface area contributed by atoms with Crippen LogP contribution >= 0.6 is 0 Å². The summed E-state index contributed by atoms with van der Waals surface area (Å²) in [5.74, 6) is 6.23. The molecule has 13 rings (SSSR count). The van der Waals surface area contributed by atoms with Crippen molar-refractivity contribution < 1.29 is 4.39 Å². The predicted molar refractivity (Wildman–Crippen MR) is 186 cm³/mol. The van der Waals surface area contributed by atoms with Crippen LogP contribution in [0.5, 0.6) is 0 Å². The molecular formula is C44H41FN2. The first kappa shape index (κ1) is 27.1. The molecule has 2 aromatic heterocycles. The largest absolute Gasteiger partial charge is 0.256 e. The van der Waals surface area contributed by atoms with E-state index in [4.69, 9.17) is 4.98 Å². The number of hydrogen-bond donors (Lipinski definition) is 0. The van der Waals surface area contributed by atoms with Crippen LogP contribution in [0.2, 0.25) is 0 Å². The molecule has 0 amide bonds. The zero-order valence-corrected chi connectivity index (χ0v) is 26.9. The Kier molecular flexibility index (Phi) is 5.82. The van der Waals surface area contributed by atoms with E-state index in [1.54, 1.807) is 29.0 Å². The highest BCUT2D eigenvalue weighted by atomic mass is 19.1. The Morgan fingerprint density at radius 1 is 0.468 bits per heavy atom. The molecule has 0 aliphatic heterocycles. The van der Waals surface area contributed by atoms with Gasteiger partial charge in [0, 0.05) is 28.9 Å². The van der Waals surface area contributed by atoms with Gasteiger partial charge < -0.3 is 0 Å². The first-order valence-corrected chi connectivity index (χ1v) is 18.4. The molecule has 4 saturated carbocycles. The Morgan fingerprint density at radius 2 is 1.06 bits per heavy atom. The summed E-state index contributed by atoms with van der Waals surface area (Å²) in [5.41, 5.74) is 11.7. The third kappa shape index (κ3) is 4.07. The highest BCUT2D eigenvalue weighted by molar-refractivity contribution is 5.97. The average Bonchev–Trinajstić information content (AvgIpc) is 3.39. The molecular weight excluding hydrogens is 575 g/mol. The Balaban J connectivity index is 0.956. The quantitative estimate of drug-likeness (QED) is 0.202. The summed E-state index contributed by atoms with van der Waals surface area (Å²) in [6.45, 7) is 0. The maximum absolute atomic E-state index is 14.7. The lowest BCUT2D eigenvalue weighted by Gasteiger charge is -2.46. The van der Waals surface area contributed by atoms with Crippen LogP contribution < -0.4 is 0 Å². The molecule has 5 aromatic rings. The molecule has 4 fully saturated rings. The molecule has 8 aliphatic rings. The second-order valence-electron chi connectivity index (χ2n) is 16.3. The molecule has 4 unspecified atom stereocenters. The van der Waals surface area contributed by atoms with Gasteiger partial charge in [0.1, 0.15) is 11.5 Å². The normalized spacial score (nSPS) is 32.7. The van der Waals surface area contributed by atoms with Gasteiger partial charge in [-0.2, -0.15) is 0 Å². The minimum Gasteiger partial charge on any atom is -0.256 e. The number of halogens is 1. The molecule has 47 heavy (non-hydrogen) atoms. The second-order valence-corrected chi connectivity index (χ2v) is 16.3. The van der Waals surface area contributed by atoms with E-state index in [2.05, 4.69) is 71.8 Å². The number of hydrogen-bond acceptors (Lipinski definition) is 2. The van der Waals surface area contributed by atoms with Crippen LogP contribution in [-0.2, 0) is 0 Å². The molecule has 3 aromatic carbocycles. The lowest BCUT2D eigenvalue weighted by Crippen LogP contribution is -2.34. The maximum Gasteiger partial charge on any atom is 0.149 e. The number of nitrogens with zero attached hydrogens (tertiary/aromatic N) is 2. The van der Waals surface area contributed by atoms with E-state index in [1.807, 2.05) is 0 Å². The molecule has 2 nitrogen and oxygen atoms in total. The maximum atomic E-state index is 14.7. The van der Waals surface area contributed by atoms with Crippen molar-refractivity contribution in [3.05, 3.63) is 119 Å². The summed E-state index contributed by atoms with van der Waals surface area (Å²) >= 11 is 0. The van der Waals surface area contributed by atoms with Gasteiger partial charge in [-0.05, 0) is 175 Å². The summed E-state index contributed by atoms with van der Waals surface area (Å²) in [7, 11) is 0. The van der Waals surface area contributed by atoms with Gasteiger partial charge in [-0.25, -0.2) is 4.39 Å². The van der Waals surface area contributed by atoms with E-state index in [-0.39, 0.29) is 5.82 Å². The van der Waals surface area contributed by atoms with Crippen molar-refractivity contribution in [2.45, 2.75) is 87.4 Å². The third-order valence-corrected chi connectivity index (χ3v) is 13.9. The molecule has 8 bridgehead atoms. The van der Waals surface area contributed by atoms with E-state index < -0.39 is 0 Å². The molecule has 0 N–H and O–H groups in total. The Labute approximate surface area is 276 Å². The number of aromatic nitrogens is 2. The minimum absolute atomic E-state index is 0.234. The van der Waals surface area contributed by atoms with Crippen molar-refractivity contribution in [2.24, 2.45) is 23.7 Å². The van der Waals surface area contributed by atoms with E-state index in [9.17, 15) is 4.39 Å². The molecule has 0 saturated heterocycles. The van der Waals surface area contributed by atoms with E-state index in [0.717, 1.165) is 29.2 Å². The molecule has 234 valence electrons. The average molecular weight is 617 g/mol. The Morgan fingerprint density at radius 3 is 1.74 bits per heavy atom. The summed E-state index contributed by atoms with van der Waals surface area (Å²) in [4.78, 5) is 9.49. The number of benzene rings is 3. The molecule has 2 heterocycles. The highest BCUT2D eigenvalue weighted by Gasteiger charge is 2.49. The second kappa shape index (κ2) is 10.1. The van der Waals surface area contributed by atoms with Crippen molar-refractivity contribution in [3.63, 3.8) is 0 Å². The third-order valence-electron chi connectivity index (χ3n) is 13.9. The molecule has 0 spiro atoms. The summed E-state index contributed by atoms with van der Waals surface area (Å²) in [5, 5.41) is 2.73. The zero-order chi connectivity index (χ0) is 30.8. The van der Waals surface area contributed by atoms with Gasteiger partial charge in [-0.1, -0.05) is 42.5 Å². The number of rotatable bonds is 3. The van der Waals surface area contributed by atoms with Gasteiger partial charge in [0.2, 0.25) is 0 Å². The monoisotopic (exact) mass is 616 g/mol. The standard InChI is InChI=1S/C44H41FN2/c45-41-5-2-11-46-44(41)27-7-9-35-30-18-32-20-31(40(35)23-27)21-33(19-30)42(32)37-3-1-4-38-36(37)10-12-47-43(38)26-6-8-34-28-14-24-13-25(15-28)17-29(16-24)39(34)22-26/h1-12,22-25,28-33,42H,13-21H2. The van der Waals surface area contributed by atoms with Gasteiger partial charge >= 0.3 is 0 Å². The molecule has 0 radical (unpaired) electrons. The smallest absolute Gasteiger partial charge is 0.149 e. The Bertz CT molecular complexity index is 2050. The van der Waals surface area contributed by atoms with Crippen LogP contribution in [0.25, 0.3) is 33.3 Å². The SMILES string of the molecule is Fc1cccnc1-c1ccc2c(c1)C1CC3CC2CC(C1)C3c1cccc2c(-c3ccc4c(c3)C3CC5CC(CC4C5)C3)nccc12. The summed E-state index contributed by atoms with van der Waals surface area (Å²) < 4.78 is 14.7. The highest BCUT2D eigenvalue weighted by Crippen LogP contribution is 2.62. The fourth-order valence-electron chi connectivity index (χ4n) is 12.4. The topological polar surface area (TPSA) is 25.8 Å². The van der Waals surface area contributed by atoms with Crippen molar-refractivity contribution in [3.8, 4) is 22.5 Å². The first-order chi connectivity index (χ1) is 23.1. The van der Waals surface area contributed by atoms with E-state index >= 15 is 0 Å². The molecule has 8 aliphatic carbocycles. The van der Waals surface area contributed by atoms with Crippen LogP contribution in [0.1, 0.15) is 115 Å². The van der Waals surface area contributed by atoms with E-state index in [0.29, 0.717) is 35.3 Å². The zero-order valence-electron chi connectivity index (χ0n) is 26.9. The summed E-state index contributed by atoms with van der Waals surface area (Å²) in [6.07, 6.45) is 15.8. The van der Waals surface area contributed by atoms with Crippen molar-refractivity contribution in [1.82, 2.24) is 9.97 Å². The van der Waals surface area contributed by atoms with Crippen LogP contribution in [0, 0.1) is 29.5 Å². The van der Waals surface area contributed by atoms with Crippen LogP contribution in [-0.4, -0.2) is 9.97 Å². The van der Waals surface area contributed by atoms with Gasteiger partial charge in [-0.15, -0.1) is 0 Å². The fraction of sp³-hybridized carbons (Fsp3) is 0.409. The van der Waals surface area contributed by atoms with E-state index in [1.165, 1.54) is 97.0 Å². The van der Waals surface area contributed by atoms with Gasteiger partial charge in [0.15, 0.2) is 0 Å². The fourth-order valence-corrected chi connectivity index (χ4v) is 12.4. The lowest BCUT2D eigenvalue weighted by atomic mass is 9.58. The van der Waals surface area contributed by atoms with Crippen LogP contribution in [0.3, 0.4) is 0 Å². The van der Waals surface area contributed by atoms with Crippen molar-refractivity contribution in [2.75, 3.05) is 0 Å². The Hall–Kier alpha value is -3.85. The van der Waals surface area contributed by atoms with Gasteiger partial charge in [-0.3, -0.25) is 9.97 Å². The van der Waals surface area contributed by atoms with Crippen LogP contribution in [0.15, 0.2) is 85.2 Å². The van der Waals surface area contributed by atoms with Gasteiger partial charge in [0.25, 0.3) is 0 Å². The number of fused-ring (bicyclic) bond motifs is 1. The lowest BCUT2D eigenvalue weighted by molar-refractivity contribution is 0.129. The summed E-state index contributed by atoms with van der Waals surface area (Å²) in [6, 6.07) is 26.8. The predicted octanol–water partition coefficient (Wildman–Crippen LogP) is 11.3. The minimum atomic E-state index is -0.234. The molecule has 3 heteroatoms. The van der Waals surface area contributed by atoms with Crippen molar-refractivity contribution in [1.29, 1.82) is 0 Å².